The van der Waals surface area contributed by atoms with Crippen LogP contribution in [0.3, 0.4) is 0 Å². The molecule has 1 amide bonds. The molecule has 5 nitrogen and oxygen atoms in total. The van der Waals surface area contributed by atoms with E-state index in [2.05, 4.69) is 4.99 Å². The Balaban J connectivity index is 1.89. The number of hydrogen-bond acceptors (Lipinski definition) is 4. The van der Waals surface area contributed by atoms with Crippen LogP contribution < -0.4 is 14.3 Å². The minimum Gasteiger partial charge on any atom is -0.493 e. The highest BCUT2D eigenvalue weighted by molar-refractivity contribution is 7.16. The number of fused-ring (bicyclic) bond motifs is 1. The Morgan fingerprint density at radius 3 is 2.64 bits per heavy atom. The first-order valence-corrected chi connectivity index (χ1v) is 8.37. The molecule has 25 heavy (non-hydrogen) atoms. The molecule has 1 heterocycles. The van der Waals surface area contributed by atoms with Gasteiger partial charge in [0.15, 0.2) is 16.3 Å². The summed E-state index contributed by atoms with van der Waals surface area (Å²) in [6.07, 6.45) is 0.142. The summed E-state index contributed by atoms with van der Waals surface area (Å²) in [7, 11) is 4.91. The number of ether oxygens (including phenoxy) is 2. The predicted molar refractivity (Wildman–Crippen MR) is 94.6 cm³/mol. The molecule has 0 fully saturated rings. The normalized spacial score (nSPS) is 11.8. The second-order valence-electron chi connectivity index (χ2n) is 5.43. The Bertz CT molecular complexity index is 1010. The fourth-order valence-electron chi connectivity index (χ4n) is 2.53. The number of carbonyl (C=O) groups excluding carboxylic acids is 1. The first-order chi connectivity index (χ1) is 12.0. The van der Waals surface area contributed by atoms with E-state index in [1.165, 1.54) is 23.5 Å². The van der Waals surface area contributed by atoms with E-state index in [0.29, 0.717) is 16.3 Å². The van der Waals surface area contributed by atoms with Crippen LogP contribution in [-0.2, 0) is 18.3 Å². The van der Waals surface area contributed by atoms with Crippen molar-refractivity contribution >= 4 is 27.5 Å². The van der Waals surface area contributed by atoms with Crippen LogP contribution in [0.1, 0.15) is 5.56 Å². The van der Waals surface area contributed by atoms with Gasteiger partial charge in [-0.3, -0.25) is 4.79 Å². The maximum Gasteiger partial charge on any atom is 0.252 e. The highest BCUT2D eigenvalue weighted by Crippen LogP contribution is 2.27. The molecule has 0 aliphatic rings. The number of methoxy groups -OCH3 is 2. The van der Waals surface area contributed by atoms with Gasteiger partial charge in [-0.1, -0.05) is 17.4 Å². The van der Waals surface area contributed by atoms with Crippen LogP contribution in [0.2, 0.25) is 0 Å². The molecule has 1 aromatic heterocycles. The van der Waals surface area contributed by atoms with Gasteiger partial charge >= 0.3 is 0 Å². The summed E-state index contributed by atoms with van der Waals surface area (Å²) >= 11 is 1.28. The van der Waals surface area contributed by atoms with E-state index >= 15 is 0 Å². The number of nitrogens with zero attached hydrogens (tertiary/aromatic N) is 2. The van der Waals surface area contributed by atoms with Gasteiger partial charge < -0.3 is 14.0 Å². The summed E-state index contributed by atoms with van der Waals surface area (Å²) in [4.78, 5) is 17.0. The molecule has 0 radical (unpaired) electrons. The average Bonchev–Trinajstić information content (AvgIpc) is 2.89. The van der Waals surface area contributed by atoms with Crippen molar-refractivity contribution in [3.8, 4) is 11.5 Å². The van der Waals surface area contributed by atoms with Crippen molar-refractivity contribution < 1.29 is 18.7 Å². The molecule has 0 aliphatic heterocycles. The molecule has 3 aromatic rings. The van der Waals surface area contributed by atoms with Crippen LogP contribution in [0.5, 0.6) is 11.5 Å². The number of halogens is 1. The second kappa shape index (κ2) is 7.06. The number of benzene rings is 2. The van der Waals surface area contributed by atoms with E-state index in [-0.39, 0.29) is 18.1 Å². The van der Waals surface area contributed by atoms with Crippen molar-refractivity contribution in [2.45, 2.75) is 6.42 Å². The quantitative estimate of drug-likeness (QED) is 0.719. The zero-order valence-corrected chi connectivity index (χ0v) is 14.9. The topological polar surface area (TPSA) is 52.8 Å². The first-order valence-electron chi connectivity index (χ1n) is 7.55. The zero-order valence-electron chi connectivity index (χ0n) is 14.1. The molecule has 3 rings (SSSR count). The molecule has 0 saturated heterocycles. The summed E-state index contributed by atoms with van der Waals surface area (Å²) in [6, 6.07) is 9.83. The third-order valence-corrected chi connectivity index (χ3v) is 4.89. The zero-order chi connectivity index (χ0) is 18.0. The van der Waals surface area contributed by atoms with Gasteiger partial charge in [0.05, 0.1) is 30.9 Å². The summed E-state index contributed by atoms with van der Waals surface area (Å²) in [5.41, 5.74) is 1.62. The molecule has 130 valence electrons. The van der Waals surface area contributed by atoms with Crippen molar-refractivity contribution in [2.75, 3.05) is 14.2 Å². The average molecular weight is 360 g/mol. The number of hydrogen-bond donors (Lipinski definition) is 0. The van der Waals surface area contributed by atoms with Crippen LogP contribution in [0.25, 0.3) is 10.2 Å². The van der Waals surface area contributed by atoms with E-state index in [1.54, 1.807) is 50.1 Å². The summed E-state index contributed by atoms with van der Waals surface area (Å²) in [6.45, 7) is 0. The van der Waals surface area contributed by atoms with Gasteiger partial charge in [0.2, 0.25) is 0 Å². The smallest absolute Gasteiger partial charge is 0.252 e. The third-order valence-electron chi connectivity index (χ3n) is 3.80. The Hall–Kier alpha value is -2.67. The Kier molecular flexibility index (Phi) is 4.85. The van der Waals surface area contributed by atoms with E-state index in [9.17, 15) is 9.18 Å². The Morgan fingerprint density at radius 1 is 1.16 bits per heavy atom. The van der Waals surface area contributed by atoms with Crippen molar-refractivity contribution in [1.29, 1.82) is 0 Å². The molecule has 7 heteroatoms. The molecule has 0 atom stereocenters. The lowest BCUT2D eigenvalue weighted by atomic mass is 10.1. The van der Waals surface area contributed by atoms with Crippen LogP contribution in [-0.4, -0.2) is 24.7 Å². The minimum atomic E-state index is -0.308. The SMILES string of the molecule is COc1ccc(CC(=O)N=c2sc3cc(F)ccc3n2C)cc1OC. The number of aromatic nitrogens is 1. The number of aryl methyl sites for hydroxylation is 1. The third kappa shape index (κ3) is 3.56. The van der Waals surface area contributed by atoms with E-state index in [4.69, 9.17) is 9.47 Å². The lowest BCUT2D eigenvalue weighted by Gasteiger charge is -2.08. The van der Waals surface area contributed by atoms with Gasteiger partial charge in [0.25, 0.3) is 5.91 Å². The van der Waals surface area contributed by atoms with Crippen LogP contribution in [0.4, 0.5) is 4.39 Å². The first kappa shape index (κ1) is 17.2. The van der Waals surface area contributed by atoms with Crippen LogP contribution >= 0.6 is 11.3 Å². The summed E-state index contributed by atoms with van der Waals surface area (Å²) in [5.74, 6) is 0.580. The molecule has 0 bridgehead atoms. The van der Waals surface area contributed by atoms with Gasteiger partial charge in [0, 0.05) is 7.05 Å². The fourth-order valence-corrected chi connectivity index (χ4v) is 3.59. The van der Waals surface area contributed by atoms with Crippen molar-refractivity contribution in [1.82, 2.24) is 4.57 Å². The molecule has 0 N–H and O–H groups in total. The lowest BCUT2D eigenvalue weighted by Crippen LogP contribution is -2.14. The van der Waals surface area contributed by atoms with E-state index in [1.807, 2.05) is 0 Å². The second-order valence-corrected chi connectivity index (χ2v) is 6.44. The highest BCUT2D eigenvalue weighted by Gasteiger charge is 2.09. The van der Waals surface area contributed by atoms with Crippen molar-refractivity contribution in [2.24, 2.45) is 12.0 Å². The maximum atomic E-state index is 13.3. The molecular formula is C18H17FN2O3S. The summed E-state index contributed by atoms with van der Waals surface area (Å²) < 4.78 is 26.3. The number of thiazole rings is 1. The van der Waals surface area contributed by atoms with Gasteiger partial charge in [-0.05, 0) is 35.9 Å². The molecule has 0 unspecified atom stereocenters. The van der Waals surface area contributed by atoms with Gasteiger partial charge in [0.1, 0.15) is 5.82 Å². The van der Waals surface area contributed by atoms with Gasteiger partial charge in [-0.2, -0.15) is 4.99 Å². The van der Waals surface area contributed by atoms with E-state index < -0.39 is 0 Å². The van der Waals surface area contributed by atoms with Crippen LogP contribution in [0, 0.1) is 5.82 Å². The molecular weight excluding hydrogens is 343 g/mol. The minimum absolute atomic E-state index is 0.142. The van der Waals surface area contributed by atoms with Crippen LogP contribution in [0.15, 0.2) is 41.4 Å². The number of rotatable bonds is 4. The standard InChI is InChI=1S/C18H17FN2O3S/c1-21-13-6-5-12(19)10-16(13)25-18(21)20-17(22)9-11-4-7-14(23-2)15(8-11)24-3/h4-8,10H,9H2,1-3H3. The Labute approximate surface area is 148 Å². The predicted octanol–water partition coefficient (Wildman–Crippen LogP) is 3.07. The van der Waals surface area contributed by atoms with Crippen molar-refractivity contribution in [3.05, 3.63) is 52.6 Å². The maximum absolute atomic E-state index is 13.3. The largest absolute Gasteiger partial charge is 0.493 e. The summed E-state index contributed by atoms with van der Waals surface area (Å²) in [5, 5.41) is 0. The Morgan fingerprint density at radius 2 is 1.92 bits per heavy atom. The lowest BCUT2D eigenvalue weighted by molar-refractivity contribution is -0.117. The fraction of sp³-hybridized carbons (Fsp3) is 0.222. The van der Waals surface area contributed by atoms with E-state index in [0.717, 1.165) is 15.8 Å². The van der Waals surface area contributed by atoms with Gasteiger partial charge in [-0.25, -0.2) is 4.39 Å². The number of carbonyl (C=O) groups is 1. The monoisotopic (exact) mass is 360 g/mol. The number of amides is 1. The molecule has 0 spiro atoms. The van der Waals surface area contributed by atoms with Gasteiger partial charge in [-0.15, -0.1) is 0 Å². The molecule has 2 aromatic carbocycles. The molecule has 0 aliphatic carbocycles. The molecule has 0 saturated carbocycles. The highest BCUT2D eigenvalue weighted by atomic mass is 32.1. The van der Waals surface area contributed by atoms with Crippen molar-refractivity contribution in [3.63, 3.8) is 0 Å².